The van der Waals surface area contributed by atoms with Gasteiger partial charge in [-0.15, -0.1) is 35.4 Å². The van der Waals surface area contributed by atoms with E-state index in [0.29, 0.717) is 0 Å². The van der Waals surface area contributed by atoms with Gasteiger partial charge in [0, 0.05) is 25.5 Å². The van der Waals surface area contributed by atoms with Gasteiger partial charge < -0.3 is 0 Å². The molecule has 0 atom stereocenters. The van der Waals surface area contributed by atoms with Crippen molar-refractivity contribution in [2.75, 3.05) is 0 Å². The van der Waals surface area contributed by atoms with Gasteiger partial charge in [0.25, 0.3) is 0 Å². The molecule has 2 heteroatoms. The van der Waals surface area contributed by atoms with Crippen molar-refractivity contribution in [2.45, 2.75) is 40.0 Å². The second-order valence-corrected chi connectivity index (χ2v) is 10.5. The van der Waals surface area contributed by atoms with Crippen LogP contribution in [0.1, 0.15) is 37.5 Å². The third-order valence-corrected chi connectivity index (χ3v) is 7.21. The zero-order chi connectivity index (χ0) is 23.6. The average Bonchev–Trinajstić information content (AvgIpc) is 3.20. The van der Waals surface area contributed by atoms with E-state index in [2.05, 4.69) is 113 Å². The number of aromatic nitrogens is 1. The van der Waals surface area contributed by atoms with Crippen LogP contribution in [0, 0.1) is 19.9 Å². The van der Waals surface area contributed by atoms with Crippen LogP contribution in [-0.2, 0) is 25.5 Å². The number of benzene rings is 4. The summed E-state index contributed by atoms with van der Waals surface area (Å²) in [5, 5.41) is 1.29. The van der Waals surface area contributed by atoms with Crippen LogP contribution in [0.3, 0.4) is 0 Å². The molecule has 1 nitrogen and oxygen atoms in total. The topological polar surface area (TPSA) is 12.9 Å². The molecule has 1 heterocycles. The fourth-order valence-corrected chi connectivity index (χ4v) is 5.36. The van der Waals surface area contributed by atoms with Gasteiger partial charge in [0.2, 0.25) is 0 Å². The quantitative estimate of drug-likeness (QED) is 0.174. The van der Waals surface area contributed by atoms with Crippen LogP contribution in [0.15, 0.2) is 78.9 Å². The van der Waals surface area contributed by atoms with E-state index >= 15 is 0 Å². The third-order valence-electron chi connectivity index (χ3n) is 7.21. The Hall–Kier alpha value is -3.06. The van der Waals surface area contributed by atoms with E-state index < -0.39 is 0 Å². The van der Waals surface area contributed by atoms with Crippen molar-refractivity contribution >= 4 is 10.9 Å². The summed E-state index contributed by atoms with van der Waals surface area (Å²) < 4.78 is 0. The molecule has 1 radical (unpaired) electrons. The first-order chi connectivity index (χ1) is 16.3. The maximum absolute atomic E-state index is 5.18. The van der Waals surface area contributed by atoms with Gasteiger partial charge >= 0.3 is 0 Å². The monoisotopic (exact) mass is 631 g/mol. The van der Waals surface area contributed by atoms with Crippen molar-refractivity contribution in [1.29, 1.82) is 0 Å². The first kappa shape index (κ1) is 23.7. The fraction of sp³-hybridized carbons (Fsp3) is 0.182. The zero-order valence-corrected chi connectivity index (χ0v) is 23.2. The first-order valence-electron chi connectivity index (χ1n) is 12.0. The maximum atomic E-state index is 5.18. The van der Waals surface area contributed by atoms with Crippen molar-refractivity contribution in [3.63, 3.8) is 0 Å². The average molecular weight is 631 g/mol. The van der Waals surface area contributed by atoms with Gasteiger partial charge in [0.15, 0.2) is 0 Å². The number of fused-ring (bicyclic) bond motifs is 3. The Kier molecular flexibility index (Phi) is 5.79. The molecule has 0 amide bonds. The molecular weight excluding hydrogens is 603 g/mol. The van der Waals surface area contributed by atoms with E-state index in [1.807, 2.05) is 6.07 Å². The molecular formula is C33H28IrN-. The van der Waals surface area contributed by atoms with Crippen LogP contribution < -0.4 is 0 Å². The maximum Gasteiger partial charge on any atom is 0.0608 e. The molecule has 0 aliphatic heterocycles. The van der Waals surface area contributed by atoms with Crippen LogP contribution in [0.4, 0.5) is 0 Å². The molecule has 0 bridgehead atoms. The Morgan fingerprint density at radius 3 is 2.11 bits per heavy atom. The minimum Gasteiger partial charge on any atom is -0.296 e. The van der Waals surface area contributed by atoms with Crippen LogP contribution in [0.5, 0.6) is 0 Å². The van der Waals surface area contributed by atoms with Crippen LogP contribution >= 0.6 is 0 Å². The van der Waals surface area contributed by atoms with Crippen molar-refractivity contribution in [2.24, 2.45) is 0 Å². The number of pyridine rings is 1. The molecule has 0 fully saturated rings. The van der Waals surface area contributed by atoms with E-state index in [-0.39, 0.29) is 25.5 Å². The molecule has 1 aliphatic rings. The fourth-order valence-electron chi connectivity index (χ4n) is 5.36. The first-order valence-corrected chi connectivity index (χ1v) is 12.0. The van der Waals surface area contributed by atoms with Crippen molar-refractivity contribution in [3.8, 4) is 44.6 Å². The molecule has 0 spiro atoms. The summed E-state index contributed by atoms with van der Waals surface area (Å²) in [4.78, 5) is 5.18. The number of rotatable bonds is 2. The SMILES string of the molecule is Cc1ccc2nc(-c3[c-]ccc(-c4ccc(C(C)(C)C)cc4)c3)c(C)c3c2c1-c1ccccc1-3.[Ir]. The van der Waals surface area contributed by atoms with E-state index in [9.17, 15) is 0 Å². The number of hydrogen-bond donors (Lipinski definition) is 0. The minimum atomic E-state index is 0. The Bertz CT molecular complexity index is 1590. The molecule has 6 rings (SSSR count). The molecule has 1 aromatic heterocycles. The second-order valence-electron chi connectivity index (χ2n) is 10.5. The Morgan fingerprint density at radius 1 is 0.743 bits per heavy atom. The van der Waals surface area contributed by atoms with Crippen LogP contribution in [-0.4, -0.2) is 4.98 Å². The van der Waals surface area contributed by atoms with Crippen molar-refractivity contribution < 1.29 is 20.1 Å². The molecule has 0 N–H and O–H groups in total. The summed E-state index contributed by atoms with van der Waals surface area (Å²) in [5.74, 6) is 0. The van der Waals surface area contributed by atoms with Gasteiger partial charge in [-0.3, -0.25) is 4.98 Å². The number of aryl methyl sites for hydroxylation is 1. The number of nitrogens with zero attached hydrogens (tertiary/aromatic N) is 1. The molecule has 5 aromatic rings. The largest absolute Gasteiger partial charge is 0.296 e. The van der Waals surface area contributed by atoms with E-state index in [0.717, 1.165) is 16.8 Å². The molecule has 0 saturated heterocycles. The Labute approximate surface area is 221 Å². The van der Waals surface area contributed by atoms with E-state index in [1.165, 1.54) is 55.5 Å². The van der Waals surface area contributed by atoms with Gasteiger partial charge in [0.1, 0.15) is 0 Å². The zero-order valence-electron chi connectivity index (χ0n) is 20.8. The molecule has 1 aliphatic carbocycles. The molecule has 0 unspecified atom stereocenters. The van der Waals surface area contributed by atoms with Gasteiger partial charge in [-0.1, -0.05) is 80.9 Å². The predicted octanol–water partition coefficient (Wildman–Crippen LogP) is 8.93. The summed E-state index contributed by atoms with van der Waals surface area (Å²) in [5.41, 5.74) is 14.8. The van der Waals surface area contributed by atoms with Gasteiger partial charge in [-0.2, -0.15) is 0 Å². The standard InChI is InChI=1S/C33H28N.Ir/c1-20-13-18-28-31-29(20)26-11-6-7-12-27(26)30(31)21(2)32(34-28)24-10-8-9-23(19-24)22-14-16-25(17-15-22)33(3,4)5;/h6-9,11-19H,1-5H3;/q-1;. The van der Waals surface area contributed by atoms with E-state index in [4.69, 9.17) is 4.98 Å². The van der Waals surface area contributed by atoms with Crippen molar-refractivity contribution in [3.05, 3.63) is 102 Å². The molecule has 175 valence electrons. The second kappa shape index (κ2) is 8.55. The van der Waals surface area contributed by atoms with Crippen LogP contribution in [0.2, 0.25) is 0 Å². The Balaban J connectivity index is 0.00000253. The summed E-state index contributed by atoms with van der Waals surface area (Å²) in [6.07, 6.45) is 0. The molecule has 35 heavy (non-hydrogen) atoms. The summed E-state index contributed by atoms with van der Waals surface area (Å²) in [6.45, 7) is 11.2. The van der Waals surface area contributed by atoms with E-state index in [1.54, 1.807) is 0 Å². The van der Waals surface area contributed by atoms with Crippen molar-refractivity contribution in [1.82, 2.24) is 4.98 Å². The molecule has 4 aromatic carbocycles. The van der Waals surface area contributed by atoms with Gasteiger partial charge in [-0.25, -0.2) is 0 Å². The summed E-state index contributed by atoms with van der Waals surface area (Å²) >= 11 is 0. The summed E-state index contributed by atoms with van der Waals surface area (Å²) in [6, 6.07) is 31.9. The van der Waals surface area contributed by atoms with Crippen LogP contribution in [0.25, 0.3) is 55.5 Å². The third kappa shape index (κ3) is 3.77. The molecule has 0 saturated carbocycles. The summed E-state index contributed by atoms with van der Waals surface area (Å²) in [7, 11) is 0. The van der Waals surface area contributed by atoms with Gasteiger partial charge in [-0.05, 0) is 70.0 Å². The number of hydrogen-bond acceptors (Lipinski definition) is 1. The smallest absolute Gasteiger partial charge is 0.0608 e. The predicted molar refractivity (Wildman–Crippen MR) is 144 cm³/mol. The minimum absolute atomic E-state index is 0. The Morgan fingerprint density at radius 2 is 1.43 bits per heavy atom. The van der Waals surface area contributed by atoms with Gasteiger partial charge in [0.05, 0.1) is 5.52 Å². The normalized spacial score (nSPS) is 11.9.